The highest BCUT2D eigenvalue weighted by atomic mass is 79.9. The third kappa shape index (κ3) is 21.4. The molecule has 0 aliphatic carbocycles. The van der Waals surface area contributed by atoms with Gasteiger partial charge in [-0.15, -0.1) is 0 Å². The average Bonchev–Trinajstić information content (AvgIpc) is 3.40. The number of rotatable bonds is 33. The van der Waals surface area contributed by atoms with E-state index in [9.17, 15) is 24.4 Å². The summed E-state index contributed by atoms with van der Waals surface area (Å²) < 4.78 is 34.0. The molecule has 4 amide bonds. The molecule has 1 aliphatic rings. The van der Waals surface area contributed by atoms with Crippen molar-refractivity contribution in [3.05, 3.63) is 123 Å². The Balaban J connectivity index is 0.808. The molecule has 1 aromatic heterocycles. The van der Waals surface area contributed by atoms with Crippen LogP contribution in [-0.2, 0) is 42.9 Å². The van der Waals surface area contributed by atoms with Crippen molar-refractivity contribution in [2.45, 2.75) is 58.2 Å². The van der Waals surface area contributed by atoms with Crippen LogP contribution in [0.3, 0.4) is 0 Å². The molecule has 5 rings (SSSR count). The van der Waals surface area contributed by atoms with Crippen LogP contribution in [-0.4, -0.2) is 133 Å². The molecule has 0 saturated carbocycles. The summed E-state index contributed by atoms with van der Waals surface area (Å²) in [4.78, 5) is 61.8. The lowest BCUT2D eigenvalue weighted by atomic mass is 9.90. The summed E-state index contributed by atoms with van der Waals surface area (Å²) in [6.07, 6.45) is 5.00. The number of carbonyl (C=O) groups excluding carboxylic acids is 4. The number of hydrogen-bond acceptors (Lipinski definition) is 15. The SMILES string of the molecule is CCCC(NC(=O)/C(C#N)=C/c1cccc(Br)n1)c1ccc(OCC=NOCC(=O)NCCOCCOCCOCCOCCOCCNC(=O)c2ccc3c(c2)[C@H](Nc2ccc(Cl)cc2)C[C@H](C)N3C(C)=O)cc1. The number of carbonyl (C=O) groups is 4. The van der Waals surface area contributed by atoms with Crippen molar-refractivity contribution in [1.29, 1.82) is 5.26 Å². The summed E-state index contributed by atoms with van der Waals surface area (Å²) >= 11 is 9.38. The Morgan fingerprint density at radius 3 is 2.12 bits per heavy atom. The van der Waals surface area contributed by atoms with Crippen LogP contribution in [0.15, 0.2) is 100 Å². The van der Waals surface area contributed by atoms with E-state index >= 15 is 0 Å². The molecule has 2 heterocycles. The topological polar surface area (TPSA) is 233 Å². The minimum absolute atomic E-state index is 0.0269. The molecule has 21 heteroatoms. The Bertz CT molecular complexity index is 2530. The van der Waals surface area contributed by atoms with Gasteiger partial charge in [0.25, 0.3) is 17.7 Å². The quantitative estimate of drug-likeness (QED) is 0.00911. The minimum Gasteiger partial charge on any atom is -0.488 e. The van der Waals surface area contributed by atoms with Gasteiger partial charge in [0.15, 0.2) is 6.61 Å². The maximum absolute atomic E-state index is 13.1. The van der Waals surface area contributed by atoms with Crippen LogP contribution in [0, 0.1) is 11.3 Å². The van der Waals surface area contributed by atoms with E-state index in [1.165, 1.54) is 12.3 Å². The van der Waals surface area contributed by atoms with Gasteiger partial charge in [0.05, 0.1) is 90.1 Å². The van der Waals surface area contributed by atoms with E-state index in [0.29, 0.717) is 119 Å². The first-order valence-electron chi connectivity index (χ1n) is 24.8. The number of hydrogen-bond donors (Lipinski definition) is 4. The summed E-state index contributed by atoms with van der Waals surface area (Å²) in [6, 6.07) is 26.9. The van der Waals surface area contributed by atoms with Crippen molar-refractivity contribution in [3.8, 4) is 11.8 Å². The highest BCUT2D eigenvalue weighted by molar-refractivity contribution is 9.10. The third-order valence-corrected chi connectivity index (χ3v) is 12.0. The van der Waals surface area contributed by atoms with Gasteiger partial charge in [-0.1, -0.05) is 48.3 Å². The molecular formula is C54H66BrClN8O11. The molecule has 402 valence electrons. The third-order valence-electron chi connectivity index (χ3n) is 11.3. The summed E-state index contributed by atoms with van der Waals surface area (Å²) in [5, 5.41) is 26.1. The van der Waals surface area contributed by atoms with E-state index in [2.05, 4.69) is 47.3 Å². The Morgan fingerprint density at radius 2 is 1.51 bits per heavy atom. The second kappa shape index (κ2) is 33.5. The summed E-state index contributed by atoms with van der Waals surface area (Å²) in [5.41, 5.74) is 4.36. The average molecular weight is 1120 g/mol. The van der Waals surface area contributed by atoms with Crippen LogP contribution in [0.2, 0.25) is 5.02 Å². The van der Waals surface area contributed by atoms with Gasteiger partial charge in [-0.3, -0.25) is 19.2 Å². The van der Waals surface area contributed by atoms with Crippen molar-refractivity contribution < 1.29 is 52.4 Å². The minimum atomic E-state index is -0.486. The fourth-order valence-corrected chi connectivity index (χ4v) is 8.24. The molecule has 0 fully saturated rings. The second-order valence-corrected chi connectivity index (χ2v) is 18.2. The number of oxime groups is 1. The Morgan fingerprint density at radius 1 is 0.867 bits per heavy atom. The van der Waals surface area contributed by atoms with Gasteiger partial charge < -0.3 is 59.4 Å². The number of anilines is 2. The lowest BCUT2D eigenvalue weighted by Gasteiger charge is -2.39. The van der Waals surface area contributed by atoms with Crippen molar-refractivity contribution in [3.63, 3.8) is 0 Å². The molecule has 4 aromatic rings. The fourth-order valence-electron chi connectivity index (χ4n) is 7.76. The second-order valence-electron chi connectivity index (χ2n) is 16.9. The molecule has 0 bridgehead atoms. The van der Waals surface area contributed by atoms with Crippen molar-refractivity contribution >= 4 is 74.8 Å². The molecule has 0 radical (unpaired) electrons. The number of ether oxygens (including phenoxy) is 6. The number of benzene rings is 3. The van der Waals surface area contributed by atoms with Crippen LogP contribution in [0.4, 0.5) is 11.4 Å². The lowest BCUT2D eigenvalue weighted by Crippen LogP contribution is -2.43. The van der Waals surface area contributed by atoms with E-state index in [1.807, 2.05) is 68.4 Å². The number of nitrogens with one attached hydrogen (secondary N) is 4. The zero-order chi connectivity index (χ0) is 53.6. The van der Waals surface area contributed by atoms with Gasteiger partial charge in [-0.05, 0) is 120 Å². The van der Waals surface area contributed by atoms with Crippen molar-refractivity contribution in [1.82, 2.24) is 20.9 Å². The highest BCUT2D eigenvalue weighted by Gasteiger charge is 2.33. The van der Waals surface area contributed by atoms with Gasteiger partial charge in [-0.25, -0.2) is 4.98 Å². The van der Waals surface area contributed by atoms with Crippen LogP contribution >= 0.6 is 27.5 Å². The molecule has 19 nitrogen and oxygen atoms in total. The maximum atomic E-state index is 13.1. The molecule has 0 saturated heterocycles. The maximum Gasteiger partial charge on any atom is 0.262 e. The van der Waals surface area contributed by atoms with Crippen LogP contribution in [0.25, 0.3) is 6.08 Å². The number of nitriles is 1. The molecule has 1 unspecified atom stereocenters. The molecule has 4 N–H and O–H groups in total. The van der Waals surface area contributed by atoms with Crippen LogP contribution < -0.4 is 30.9 Å². The van der Waals surface area contributed by atoms with Crippen LogP contribution in [0.1, 0.15) is 79.3 Å². The number of aromatic nitrogens is 1. The summed E-state index contributed by atoms with van der Waals surface area (Å²) in [6.45, 7) is 9.71. The van der Waals surface area contributed by atoms with Crippen LogP contribution in [0.5, 0.6) is 5.75 Å². The zero-order valence-corrected chi connectivity index (χ0v) is 44.9. The Kier molecular flexibility index (Phi) is 26.5. The summed E-state index contributed by atoms with van der Waals surface area (Å²) in [5.74, 6) is -0.547. The molecule has 0 spiro atoms. The first-order chi connectivity index (χ1) is 36.4. The summed E-state index contributed by atoms with van der Waals surface area (Å²) in [7, 11) is 0. The molecule has 1 aliphatic heterocycles. The Labute approximate surface area is 451 Å². The fraction of sp³-hybridized carbons (Fsp3) is 0.426. The number of fused-ring (bicyclic) bond motifs is 1. The van der Waals surface area contributed by atoms with Gasteiger partial charge in [0.2, 0.25) is 5.91 Å². The van der Waals surface area contributed by atoms with Gasteiger partial charge in [0, 0.05) is 48.0 Å². The first kappa shape index (κ1) is 59.4. The number of amides is 4. The number of halogens is 2. The highest BCUT2D eigenvalue weighted by Crippen LogP contribution is 2.40. The van der Waals surface area contributed by atoms with Gasteiger partial charge in [0.1, 0.15) is 28.6 Å². The normalized spacial score (nSPS) is 14.6. The largest absolute Gasteiger partial charge is 0.488 e. The molecule has 3 aromatic carbocycles. The van der Waals surface area contributed by atoms with Gasteiger partial charge >= 0.3 is 0 Å². The van der Waals surface area contributed by atoms with Crippen molar-refractivity contribution in [2.75, 3.05) is 103 Å². The monoisotopic (exact) mass is 1120 g/mol. The zero-order valence-electron chi connectivity index (χ0n) is 42.5. The molecule has 75 heavy (non-hydrogen) atoms. The molecular weight excluding hydrogens is 1050 g/mol. The van der Waals surface area contributed by atoms with E-state index in [-0.39, 0.29) is 54.6 Å². The van der Waals surface area contributed by atoms with E-state index in [0.717, 1.165) is 28.9 Å². The first-order valence-corrected chi connectivity index (χ1v) is 25.9. The van der Waals surface area contributed by atoms with E-state index in [1.54, 1.807) is 48.2 Å². The molecule has 3 atom stereocenters. The Hall–Kier alpha value is -6.44. The van der Waals surface area contributed by atoms with E-state index in [4.69, 9.17) is 44.9 Å². The number of pyridine rings is 1. The van der Waals surface area contributed by atoms with Gasteiger partial charge in [-0.2, -0.15) is 5.26 Å². The lowest BCUT2D eigenvalue weighted by molar-refractivity contribution is -0.126. The smallest absolute Gasteiger partial charge is 0.262 e. The predicted molar refractivity (Wildman–Crippen MR) is 289 cm³/mol. The number of nitrogens with zero attached hydrogens (tertiary/aromatic N) is 4. The standard InChI is InChI=1S/C54H66BrClN8O11/c1-4-6-48(63-54(68)42(36-57)34-45-7-5-8-51(55)62-45)40-9-16-46(17-10-40)74-24-21-60-75-37-52(66)58-19-22-69-25-27-71-29-31-73-32-30-72-28-26-70-23-20-59-53(67)41-11-18-50-47(35-41)49(33-38(2)64(50)39(3)65)61-44-14-12-43(56)13-15-44/h5,7-18,21,34-35,38,48-49,61H,4,6,19-20,22-33,37H2,1-3H3,(H,58,66)(H,59,67)(H,63,68)/b42-34+,60-21?/t38-,48?,49+/m0/s1. The van der Waals surface area contributed by atoms with E-state index < -0.39 is 5.91 Å². The van der Waals surface area contributed by atoms with Crippen molar-refractivity contribution in [2.24, 2.45) is 5.16 Å². The predicted octanol–water partition coefficient (Wildman–Crippen LogP) is 7.37.